The molecular weight excluding hydrogens is 366 g/mol. The molecule has 1 aromatic heterocycles. The van der Waals surface area contributed by atoms with Crippen molar-refractivity contribution in [3.63, 3.8) is 0 Å². The molecule has 0 spiro atoms. The van der Waals surface area contributed by atoms with Gasteiger partial charge < -0.3 is 14.3 Å². The first-order valence-corrected chi connectivity index (χ1v) is 9.80. The number of amides is 2. The molecule has 2 aromatic rings. The smallest absolute Gasteiger partial charge is 0.292 e. The summed E-state index contributed by atoms with van der Waals surface area (Å²) in [4.78, 5) is 29.2. The second-order valence-corrected chi connectivity index (χ2v) is 7.65. The molecule has 2 aliphatic rings. The van der Waals surface area contributed by atoms with E-state index < -0.39 is 0 Å². The van der Waals surface area contributed by atoms with Crippen LogP contribution in [0.15, 0.2) is 34.9 Å². The number of likely N-dealkylation sites (tertiary alicyclic amines) is 2. The van der Waals surface area contributed by atoms with E-state index in [4.69, 9.17) is 16.1 Å². The summed E-state index contributed by atoms with van der Waals surface area (Å²) >= 11 is 6.02. The Labute approximate surface area is 163 Å². The molecule has 0 aliphatic carbocycles. The maximum Gasteiger partial charge on any atom is 0.292 e. The van der Waals surface area contributed by atoms with Gasteiger partial charge in [-0.25, -0.2) is 0 Å². The molecular formula is C20H22ClN3O3. The predicted octanol–water partition coefficient (Wildman–Crippen LogP) is 3.47. The lowest BCUT2D eigenvalue weighted by molar-refractivity contribution is -0.135. The minimum atomic E-state index is -0.213. The highest BCUT2D eigenvalue weighted by atomic mass is 35.5. The fraction of sp³-hybridized carbons (Fsp3) is 0.450. The lowest BCUT2D eigenvalue weighted by atomic mass is 9.96. The molecule has 1 atom stereocenters. The Kier molecular flexibility index (Phi) is 5.16. The summed E-state index contributed by atoms with van der Waals surface area (Å²) in [6.07, 6.45) is 3.81. The molecule has 2 amide bonds. The Bertz CT molecular complexity index is 845. The normalized spacial score (nSPS) is 20.1. The van der Waals surface area contributed by atoms with Crippen molar-refractivity contribution in [2.75, 3.05) is 26.2 Å². The number of aromatic nitrogens is 1. The Morgan fingerprint density at radius 1 is 1.07 bits per heavy atom. The number of nitrogens with zero attached hydrogens (tertiary/aromatic N) is 3. The molecule has 142 valence electrons. The van der Waals surface area contributed by atoms with Crippen molar-refractivity contribution in [2.24, 2.45) is 5.92 Å². The van der Waals surface area contributed by atoms with Gasteiger partial charge in [0.25, 0.3) is 5.91 Å². The third-order valence-corrected chi connectivity index (χ3v) is 5.55. The van der Waals surface area contributed by atoms with Crippen LogP contribution in [-0.4, -0.2) is 52.9 Å². The number of carbonyl (C=O) groups is 2. The zero-order valence-corrected chi connectivity index (χ0v) is 15.8. The van der Waals surface area contributed by atoms with E-state index in [2.05, 4.69) is 5.16 Å². The first-order valence-electron chi connectivity index (χ1n) is 9.42. The fourth-order valence-electron chi connectivity index (χ4n) is 3.87. The summed E-state index contributed by atoms with van der Waals surface area (Å²) in [5.41, 5.74) is 1.37. The maximum atomic E-state index is 12.8. The minimum Gasteiger partial charge on any atom is -0.350 e. The standard InChI is InChI=1S/C20H22ClN3O3/c21-16-7-3-5-14(11-16)17-12-18(27-22-17)20(26)24-10-4-6-15(13-24)19(25)23-8-1-2-9-23/h3,5,7,11-12,15H,1-2,4,6,8-10,13H2/t15-/m1/s1. The van der Waals surface area contributed by atoms with Crippen molar-refractivity contribution in [2.45, 2.75) is 25.7 Å². The van der Waals surface area contributed by atoms with E-state index in [1.165, 1.54) is 0 Å². The third kappa shape index (κ3) is 3.86. The molecule has 2 aliphatic heterocycles. The van der Waals surface area contributed by atoms with E-state index in [0.29, 0.717) is 23.8 Å². The molecule has 27 heavy (non-hydrogen) atoms. The molecule has 4 rings (SSSR count). The van der Waals surface area contributed by atoms with Crippen molar-refractivity contribution in [3.8, 4) is 11.3 Å². The van der Waals surface area contributed by atoms with Crippen LogP contribution >= 0.6 is 11.6 Å². The Morgan fingerprint density at radius 2 is 1.85 bits per heavy atom. The quantitative estimate of drug-likeness (QED) is 0.808. The molecule has 7 heteroatoms. The summed E-state index contributed by atoms with van der Waals surface area (Å²) in [6.45, 7) is 2.76. The van der Waals surface area contributed by atoms with Crippen LogP contribution in [-0.2, 0) is 4.79 Å². The number of halogens is 1. The zero-order valence-electron chi connectivity index (χ0n) is 15.1. The van der Waals surface area contributed by atoms with Gasteiger partial charge in [0.2, 0.25) is 11.7 Å². The average molecular weight is 388 g/mol. The molecule has 2 fully saturated rings. The van der Waals surface area contributed by atoms with Gasteiger partial charge in [0.1, 0.15) is 5.69 Å². The second-order valence-electron chi connectivity index (χ2n) is 7.21. The highest BCUT2D eigenvalue weighted by molar-refractivity contribution is 6.30. The van der Waals surface area contributed by atoms with Crippen molar-refractivity contribution >= 4 is 23.4 Å². The van der Waals surface area contributed by atoms with Crippen LogP contribution < -0.4 is 0 Å². The molecule has 6 nitrogen and oxygen atoms in total. The van der Waals surface area contributed by atoms with Gasteiger partial charge in [0, 0.05) is 42.8 Å². The lowest BCUT2D eigenvalue weighted by Gasteiger charge is -2.33. The summed E-state index contributed by atoms with van der Waals surface area (Å²) in [5, 5.41) is 4.60. The van der Waals surface area contributed by atoms with Crippen LogP contribution in [0.3, 0.4) is 0 Å². The highest BCUT2D eigenvalue weighted by Crippen LogP contribution is 2.25. The average Bonchev–Trinajstić information content (AvgIpc) is 3.39. The van der Waals surface area contributed by atoms with Gasteiger partial charge in [0.15, 0.2) is 0 Å². The van der Waals surface area contributed by atoms with Crippen LogP contribution in [0.1, 0.15) is 36.2 Å². The van der Waals surface area contributed by atoms with Crippen molar-refractivity contribution in [3.05, 3.63) is 41.1 Å². The summed E-state index contributed by atoms with van der Waals surface area (Å²) in [7, 11) is 0. The van der Waals surface area contributed by atoms with E-state index in [1.807, 2.05) is 17.0 Å². The Hall–Kier alpha value is -2.34. The van der Waals surface area contributed by atoms with Crippen LogP contribution in [0.2, 0.25) is 5.02 Å². The van der Waals surface area contributed by atoms with E-state index in [0.717, 1.165) is 44.3 Å². The predicted molar refractivity (Wildman–Crippen MR) is 101 cm³/mol. The molecule has 1 aromatic carbocycles. The zero-order chi connectivity index (χ0) is 18.8. The van der Waals surface area contributed by atoms with E-state index in [1.54, 1.807) is 23.1 Å². The molecule has 0 unspecified atom stereocenters. The van der Waals surface area contributed by atoms with Gasteiger partial charge in [-0.05, 0) is 37.8 Å². The van der Waals surface area contributed by atoms with Crippen LogP contribution in [0, 0.1) is 5.92 Å². The molecule has 0 N–H and O–H groups in total. The van der Waals surface area contributed by atoms with Crippen molar-refractivity contribution < 1.29 is 14.1 Å². The first kappa shape index (κ1) is 18.0. The molecule has 3 heterocycles. The monoisotopic (exact) mass is 387 g/mol. The van der Waals surface area contributed by atoms with E-state index >= 15 is 0 Å². The number of piperidine rings is 1. The largest absolute Gasteiger partial charge is 0.350 e. The van der Waals surface area contributed by atoms with Gasteiger partial charge in [-0.2, -0.15) is 0 Å². The van der Waals surface area contributed by atoms with E-state index in [-0.39, 0.29) is 23.5 Å². The summed E-state index contributed by atoms with van der Waals surface area (Å²) < 4.78 is 5.29. The van der Waals surface area contributed by atoms with Gasteiger partial charge in [-0.15, -0.1) is 0 Å². The first-order chi connectivity index (χ1) is 13.1. The number of carbonyl (C=O) groups excluding carboxylic acids is 2. The SMILES string of the molecule is O=C(c1cc(-c2cccc(Cl)c2)no1)N1CCC[C@@H](C(=O)N2CCCC2)C1. The Balaban J connectivity index is 1.45. The fourth-order valence-corrected chi connectivity index (χ4v) is 4.06. The summed E-state index contributed by atoms with van der Waals surface area (Å²) in [5.74, 6) is 0.0484. The van der Waals surface area contributed by atoms with Crippen molar-refractivity contribution in [1.82, 2.24) is 15.0 Å². The van der Waals surface area contributed by atoms with E-state index in [9.17, 15) is 9.59 Å². The molecule has 0 saturated carbocycles. The maximum absolute atomic E-state index is 12.8. The van der Waals surface area contributed by atoms with Crippen LogP contribution in [0.25, 0.3) is 11.3 Å². The third-order valence-electron chi connectivity index (χ3n) is 5.32. The molecule has 0 bridgehead atoms. The number of hydrogen-bond donors (Lipinski definition) is 0. The second kappa shape index (κ2) is 7.72. The van der Waals surface area contributed by atoms with Gasteiger partial charge in [-0.3, -0.25) is 9.59 Å². The highest BCUT2D eigenvalue weighted by Gasteiger charge is 2.33. The van der Waals surface area contributed by atoms with Crippen LogP contribution in [0.4, 0.5) is 0 Å². The van der Waals surface area contributed by atoms with Gasteiger partial charge >= 0.3 is 0 Å². The van der Waals surface area contributed by atoms with Gasteiger partial charge in [0.05, 0.1) is 5.92 Å². The number of hydrogen-bond acceptors (Lipinski definition) is 4. The lowest BCUT2D eigenvalue weighted by Crippen LogP contribution is -2.46. The minimum absolute atomic E-state index is 0.115. The summed E-state index contributed by atoms with van der Waals surface area (Å²) in [6, 6.07) is 8.89. The number of rotatable bonds is 3. The topological polar surface area (TPSA) is 66.7 Å². The number of benzene rings is 1. The molecule has 2 saturated heterocycles. The van der Waals surface area contributed by atoms with Gasteiger partial charge in [-0.1, -0.05) is 28.9 Å². The molecule has 0 radical (unpaired) electrons. The van der Waals surface area contributed by atoms with Crippen molar-refractivity contribution in [1.29, 1.82) is 0 Å². The van der Waals surface area contributed by atoms with Crippen LogP contribution in [0.5, 0.6) is 0 Å². The Morgan fingerprint density at radius 3 is 2.63 bits per heavy atom.